The molecule has 1 unspecified atom stereocenters. The first-order chi connectivity index (χ1) is 11.5. The van der Waals surface area contributed by atoms with Crippen molar-refractivity contribution in [3.63, 3.8) is 0 Å². The molecule has 0 heterocycles. The van der Waals surface area contributed by atoms with Gasteiger partial charge in [-0.1, -0.05) is 50.2 Å². The number of hydrogen-bond acceptors (Lipinski definition) is 3. The van der Waals surface area contributed by atoms with Crippen LogP contribution in [0.1, 0.15) is 37.8 Å². The van der Waals surface area contributed by atoms with E-state index in [1.165, 1.54) is 0 Å². The maximum atomic E-state index is 12.3. The molecule has 1 amide bonds. The lowest BCUT2D eigenvalue weighted by Gasteiger charge is -2.19. The monoisotopic (exact) mass is 327 g/mol. The van der Waals surface area contributed by atoms with Crippen molar-refractivity contribution in [3.8, 4) is 11.5 Å². The minimum atomic E-state index is -0.570. The SMILES string of the molecule is COc1ccccc1CNC(=O)C(C)Oc1ccccc1C(C)C. The van der Waals surface area contributed by atoms with Crippen molar-refractivity contribution in [2.24, 2.45) is 0 Å². The van der Waals surface area contributed by atoms with Gasteiger partial charge in [0.15, 0.2) is 6.10 Å². The molecule has 0 bridgehead atoms. The van der Waals surface area contributed by atoms with E-state index in [-0.39, 0.29) is 5.91 Å². The first-order valence-corrected chi connectivity index (χ1v) is 8.18. The highest BCUT2D eigenvalue weighted by atomic mass is 16.5. The molecule has 128 valence electrons. The third-order valence-electron chi connectivity index (χ3n) is 3.86. The molecule has 0 saturated heterocycles. The Morgan fingerprint density at radius 2 is 1.62 bits per heavy atom. The standard InChI is InChI=1S/C20H25NO3/c1-14(2)17-10-6-8-12-19(17)24-15(3)20(22)21-13-16-9-5-7-11-18(16)23-4/h5-12,14-15H,13H2,1-4H3,(H,21,22). The number of hydrogen-bond donors (Lipinski definition) is 1. The van der Waals surface area contributed by atoms with E-state index in [2.05, 4.69) is 19.2 Å². The Bertz CT molecular complexity index is 682. The second kappa shape index (κ2) is 8.39. The van der Waals surface area contributed by atoms with Gasteiger partial charge in [-0.05, 0) is 30.5 Å². The molecule has 0 spiro atoms. The van der Waals surface area contributed by atoms with Gasteiger partial charge in [-0.15, -0.1) is 0 Å². The van der Waals surface area contributed by atoms with Gasteiger partial charge in [0, 0.05) is 12.1 Å². The normalized spacial score (nSPS) is 11.9. The van der Waals surface area contributed by atoms with Gasteiger partial charge >= 0.3 is 0 Å². The molecule has 0 saturated carbocycles. The first kappa shape index (κ1) is 17.9. The molecule has 1 N–H and O–H groups in total. The number of nitrogens with one attached hydrogen (secondary N) is 1. The van der Waals surface area contributed by atoms with E-state index in [0.29, 0.717) is 12.5 Å². The van der Waals surface area contributed by atoms with Crippen LogP contribution in [0, 0.1) is 0 Å². The number of para-hydroxylation sites is 2. The molecule has 2 aromatic carbocycles. The molecule has 2 rings (SSSR count). The van der Waals surface area contributed by atoms with Crippen LogP contribution in [0.5, 0.6) is 11.5 Å². The van der Waals surface area contributed by atoms with Gasteiger partial charge in [0.1, 0.15) is 11.5 Å². The summed E-state index contributed by atoms with van der Waals surface area (Å²) < 4.78 is 11.2. The van der Waals surface area contributed by atoms with Crippen LogP contribution in [0.25, 0.3) is 0 Å². The van der Waals surface area contributed by atoms with Crippen molar-refractivity contribution in [1.82, 2.24) is 5.32 Å². The van der Waals surface area contributed by atoms with E-state index in [0.717, 1.165) is 22.6 Å². The van der Waals surface area contributed by atoms with Crippen molar-refractivity contribution in [2.75, 3.05) is 7.11 Å². The van der Waals surface area contributed by atoms with Crippen molar-refractivity contribution in [3.05, 3.63) is 59.7 Å². The number of ether oxygens (including phenoxy) is 2. The van der Waals surface area contributed by atoms with Gasteiger partial charge in [-0.2, -0.15) is 0 Å². The maximum Gasteiger partial charge on any atom is 0.261 e. The van der Waals surface area contributed by atoms with Gasteiger partial charge < -0.3 is 14.8 Å². The first-order valence-electron chi connectivity index (χ1n) is 8.18. The molecule has 0 radical (unpaired) electrons. The fourth-order valence-electron chi connectivity index (χ4n) is 2.48. The lowest BCUT2D eigenvalue weighted by Crippen LogP contribution is -2.36. The highest BCUT2D eigenvalue weighted by Crippen LogP contribution is 2.26. The van der Waals surface area contributed by atoms with Crippen LogP contribution in [-0.2, 0) is 11.3 Å². The van der Waals surface area contributed by atoms with Crippen LogP contribution in [0.3, 0.4) is 0 Å². The molecular formula is C20H25NO3. The fraction of sp³-hybridized carbons (Fsp3) is 0.350. The number of carbonyl (C=O) groups excluding carboxylic acids is 1. The van der Waals surface area contributed by atoms with Crippen LogP contribution in [0.2, 0.25) is 0 Å². The van der Waals surface area contributed by atoms with Crippen molar-refractivity contribution >= 4 is 5.91 Å². The Balaban J connectivity index is 1.98. The summed E-state index contributed by atoms with van der Waals surface area (Å²) in [6.07, 6.45) is -0.570. The predicted molar refractivity (Wildman–Crippen MR) is 95.5 cm³/mol. The molecule has 0 fully saturated rings. The van der Waals surface area contributed by atoms with E-state index in [9.17, 15) is 4.79 Å². The van der Waals surface area contributed by atoms with Crippen LogP contribution >= 0.6 is 0 Å². The second-order valence-electron chi connectivity index (χ2n) is 5.98. The predicted octanol–water partition coefficient (Wildman–Crippen LogP) is 3.90. The summed E-state index contributed by atoms with van der Waals surface area (Å²) in [4.78, 5) is 12.3. The lowest BCUT2D eigenvalue weighted by molar-refractivity contribution is -0.127. The Labute approximate surface area is 143 Å². The molecular weight excluding hydrogens is 302 g/mol. The summed E-state index contributed by atoms with van der Waals surface area (Å²) in [5.74, 6) is 1.70. The van der Waals surface area contributed by atoms with E-state index >= 15 is 0 Å². The molecule has 4 heteroatoms. The minimum absolute atomic E-state index is 0.153. The van der Waals surface area contributed by atoms with Crippen LogP contribution in [0.4, 0.5) is 0 Å². The summed E-state index contributed by atoms with van der Waals surface area (Å²) in [6.45, 7) is 6.38. The van der Waals surface area contributed by atoms with E-state index in [4.69, 9.17) is 9.47 Å². The van der Waals surface area contributed by atoms with Gasteiger partial charge in [0.05, 0.1) is 7.11 Å². The Hall–Kier alpha value is -2.49. The number of benzene rings is 2. The zero-order valence-corrected chi connectivity index (χ0v) is 14.7. The van der Waals surface area contributed by atoms with Gasteiger partial charge in [-0.3, -0.25) is 4.79 Å². The van der Waals surface area contributed by atoms with Crippen molar-refractivity contribution in [1.29, 1.82) is 0 Å². The summed E-state index contributed by atoms with van der Waals surface area (Å²) in [5.41, 5.74) is 2.03. The molecule has 0 aliphatic heterocycles. The van der Waals surface area contributed by atoms with Gasteiger partial charge in [0.2, 0.25) is 0 Å². The summed E-state index contributed by atoms with van der Waals surface area (Å²) in [7, 11) is 1.62. The quantitative estimate of drug-likeness (QED) is 0.839. The number of amides is 1. The number of carbonyl (C=O) groups is 1. The fourth-order valence-corrected chi connectivity index (χ4v) is 2.48. The molecule has 2 aromatic rings. The smallest absolute Gasteiger partial charge is 0.261 e. The zero-order chi connectivity index (χ0) is 17.5. The average molecular weight is 327 g/mol. The number of methoxy groups -OCH3 is 1. The van der Waals surface area contributed by atoms with Gasteiger partial charge in [0.25, 0.3) is 5.91 Å². The lowest BCUT2D eigenvalue weighted by atomic mass is 10.0. The summed E-state index contributed by atoms with van der Waals surface area (Å²) in [6, 6.07) is 15.5. The molecule has 0 aliphatic rings. The molecule has 1 atom stereocenters. The molecule has 0 aliphatic carbocycles. The third-order valence-corrected chi connectivity index (χ3v) is 3.86. The Morgan fingerprint density at radius 3 is 2.29 bits per heavy atom. The molecule has 24 heavy (non-hydrogen) atoms. The molecule has 0 aromatic heterocycles. The second-order valence-corrected chi connectivity index (χ2v) is 5.98. The average Bonchev–Trinajstić information content (AvgIpc) is 2.60. The molecule has 4 nitrogen and oxygen atoms in total. The highest BCUT2D eigenvalue weighted by Gasteiger charge is 2.17. The zero-order valence-electron chi connectivity index (χ0n) is 14.7. The number of rotatable bonds is 7. The van der Waals surface area contributed by atoms with Crippen molar-refractivity contribution in [2.45, 2.75) is 39.3 Å². The topological polar surface area (TPSA) is 47.6 Å². The maximum absolute atomic E-state index is 12.3. The van der Waals surface area contributed by atoms with Crippen LogP contribution < -0.4 is 14.8 Å². The highest BCUT2D eigenvalue weighted by molar-refractivity contribution is 5.80. The summed E-state index contributed by atoms with van der Waals surface area (Å²) in [5, 5.41) is 2.90. The van der Waals surface area contributed by atoms with Gasteiger partial charge in [-0.25, -0.2) is 0 Å². The summed E-state index contributed by atoms with van der Waals surface area (Å²) >= 11 is 0. The Kier molecular flexibility index (Phi) is 6.24. The van der Waals surface area contributed by atoms with E-state index in [1.807, 2.05) is 48.5 Å². The van der Waals surface area contributed by atoms with Crippen LogP contribution in [-0.4, -0.2) is 19.1 Å². The Morgan fingerprint density at radius 1 is 1.00 bits per heavy atom. The van der Waals surface area contributed by atoms with E-state index in [1.54, 1.807) is 14.0 Å². The largest absolute Gasteiger partial charge is 0.496 e. The van der Waals surface area contributed by atoms with E-state index < -0.39 is 6.10 Å². The third kappa shape index (κ3) is 4.51. The minimum Gasteiger partial charge on any atom is -0.496 e. The van der Waals surface area contributed by atoms with Crippen molar-refractivity contribution < 1.29 is 14.3 Å². The van der Waals surface area contributed by atoms with Crippen LogP contribution in [0.15, 0.2) is 48.5 Å².